The molecule has 0 fully saturated rings. The first-order valence-corrected chi connectivity index (χ1v) is 10.8. The van der Waals surface area contributed by atoms with Crippen LogP contribution in [-0.4, -0.2) is 49.6 Å². The lowest BCUT2D eigenvalue weighted by molar-refractivity contribution is -0.143. The molecule has 0 spiro atoms. The third-order valence-corrected chi connectivity index (χ3v) is 5.32. The zero-order valence-corrected chi connectivity index (χ0v) is 19.5. The van der Waals surface area contributed by atoms with Crippen molar-refractivity contribution < 1.29 is 28.6 Å². The van der Waals surface area contributed by atoms with Gasteiger partial charge in [-0.3, -0.25) is 0 Å². The Morgan fingerprint density at radius 3 is 1.97 bits per heavy atom. The summed E-state index contributed by atoms with van der Waals surface area (Å²) in [6.45, 7) is 6.84. The maximum Gasteiger partial charge on any atom is 0.407 e. The molecule has 2 aromatic rings. The fraction of sp³-hybridized carbons (Fsp3) is 0.400. The number of alkyl carbamates (subject to hydrolysis) is 2. The van der Waals surface area contributed by atoms with Gasteiger partial charge in [-0.05, 0) is 49.9 Å². The molecular formula is C25H30N2O6. The lowest BCUT2D eigenvalue weighted by atomic mass is 9.98. The number of hydrogen-bond donors (Lipinski definition) is 2. The van der Waals surface area contributed by atoms with Gasteiger partial charge in [0.1, 0.15) is 18.2 Å². The summed E-state index contributed by atoms with van der Waals surface area (Å²) < 4.78 is 15.5. The molecule has 8 heteroatoms. The van der Waals surface area contributed by atoms with Crippen LogP contribution >= 0.6 is 0 Å². The summed E-state index contributed by atoms with van der Waals surface area (Å²) in [6, 6.07) is 14.0. The van der Waals surface area contributed by atoms with Crippen LogP contribution in [0.4, 0.5) is 9.59 Å². The number of nitrogens with one attached hydrogen (secondary N) is 2. The third kappa shape index (κ3) is 5.83. The number of esters is 1. The Morgan fingerprint density at radius 2 is 1.45 bits per heavy atom. The number of rotatable bonds is 6. The van der Waals surface area contributed by atoms with Crippen molar-refractivity contribution in [1.82, 2.24) is 10.6 Å². The first-order chi connectivity index (χ1) is 15.6. The summed E-state index contributed by atoms with van der Waals surface area (Å²) in [6.07, 6.45) is -1.50. The molecule has 1 aliphatic rings. The van der Waals surface area contributed by atoms with Crippen molar-refractivity contribution in [3.8, 4) is 11.1 Å². The van der Waals surface area contributed by atoms with E-state index in [1.807, 2.05) is 48.5 Å². The molecule has 0 aliphatic heterocycles. The zero-order chi connectivity index (χ0) is 24.2. The molecule has 3 rings (SSSR count). The standard InChI is InChI=1S/C25H30N2O6/c1-15(26-24(30)33-25(2,3)4)21(22(28)31-5)27-23(29)32-14-20-18-12-8-6-10-16(18)17-11-7-9-13-19(17)20/h6-13,15,20-21H,14H2,1-5H3,(H,26,30)(H,27,29)/t15?,21-/m0/s1. The number of amides is 2. The summed E-state index contributed by atoms with van der Waals surface area (Å²) in [7, 11) is 1.20. The molecule has 2 aromatic carbocycles. The van der Waals surface area contributed by atoms with Gasteiger partial charge in [0.05, 0.1) is 13.2 Å². The normalized spacial score (nSPS) is 14.3. The SMILES string of the molecule is COC(=O)[C@@H](NC(=O)OCC1c2ccccc2-c2ccccc21)C(C)NC(=O)OC(C)(C)C. The van der Waals surface area contributed by atoms with E-state index in [-0.39, 0.29) is 12.5 Å². The van der Waals surface area contributed by atoms with Crippen molar-refractivity contribution in [2.75, 3.05) is 13.7 Å². The Morgan fingerprint density at radius 1 is 0.909 bits per heavy atom. The van der Waals surface area contributed by atoms with Gasteiger partial charge in [0.15, 0.2) is 0 Å². The molecule has 2 amide bonds. The monoisotopic (exact) mass is 454 g/mol. The molecule has 2 atom stereocenters. The largest absolute Gasteiger partial charge is 0.467 e. The highest BCUT2D eigenvalue weighted by Gasteiger charge is 2.32. The van der Waals surface area contributed by atoms with Crippen LogP contribution < -0.4 is 10.6 Å². The van der Waals surface area contributed by atoms with Crippen LogP contribution in [0, 0.1) is 0 Å². The zero-order valence-electron chi connectivity index (χ0n) is 19.5. The van der Waals surface area contributed by atoms with Gasteiger partial charge in [0, 0.05) is 5.92 Å². The van der Waals surface area contributed by atoms with Gasteiger partial charge in [-0.2, -0.15) is 0 Å². The topological polar surface area (TPSA) is 103 Å². The molecule has 0 radical (unpaired) electrons. The molecule has 0 bridgehead atoms. The second-order valence-electron chi connectivity index (χ2n) is 8.91. The molecule has 0 saturated carbocycles. The molecule has 2 N–H and O–H groups in total. The predicted molar refractivity (Wildman–Crippen MR) is 123 cm³/mol. The van der Waals surface area contributed by atoms with E-state index in [0.29, 0.717) is 0 Å². The molecule has 1 aliphatic carbocycles. The van der Waals surface area contributed by atoms with Crippen LogP contribution in [0.3, 0.4) is 0 Å². The quantitative estimate of drug-likeness (QED) is 0.506. The minimum Gasteiger partial charge on any atom is -0.467 e. The summed E-state index contributed by atoms with van der Waals surface area (Å²) >= 11 is 0. The summed E-state index contributed by atoms with van der Waals surface area (Å²) in [5.41, 5.74) is 3.69. The number of benzene rings is 2. The van der Waals surface area contributed by atoms with E-state index in [2.05, 4.69) is 10.6 Å². The van der Waals surface area contributed by atoms with E-state index in [0.717, 1.165) is 22.3 Å². The van der Waals surface area contributed by atoms with E-state index in [9.17, 15) is 14.4 Å². The lowest BCUT2D eigenvalue weighted by Gasteiger charge is -2.26. The Labute approximate surface area is 193 Å². The van der Waals surface area contributed by atoms with E-state index in [1.165, 1.54) is 7.11 Å². The summed E-state index contributed by atoms with van der Waals surface area (Å²) in [4.78, 5) is 36.9. The number of hydrogen-bond acceptors (Lipinski definition) is 6. The van der Waals surface area contributed by atoms with E-state index < -0.39 is 35.8 Å². The Balaban J connectivity index is 1.65. The van der Waals surface area contributed by atoms with Gasteiger partial charge >= 0.3 is 18.2 Å². The molecule has 0 aromatic heterocycles. The van der Waals surface area contributed by atoms with Crippen LogP contribution in [0.5, 0.6) is 0 Å². The number of fused-ring (bicyclic) bond motifs is 3. The fourth-order valence-electron chi connectivity index (χ4n) is 3.86. The first kappa shape index (κ1) is 24.1. The highest BCUT2D eigenvalue weighted by Crippen LogP contribution is 2.44. The average molecular weight is 455 g/mol. The number of carbonyl (C=O) groups is 3. The van der Waals surface area contributed by atoms with Crippen molar-refractivity contribution in [2.45, 2.75) is 51.3 Å². The van der Waals surface area contributed by atoms with Gasteiger partial charge in [0.2, 0.25) is 0 Å². The van der Waals surface area contributed by atoms with Crippen LogP contribution in [-0.2, 0) is 19.0 Å². The van der Waals surface area contributed by atoms with Crippen molar-refractivity contribution in [3.63, 3.8) is 0 Å². The van der Waals surface area contributed by atoms with Crippen molar-refractivity contribution in [3.05, 3.63) is 59.7 Å². The maximum atomic E-state index is 12.6. The Kier molecular flexibility index (Phi) is 7.26. The van der Waals surface area contributed by atoms with E-state index in [4.69, 9.17) is 14.2 Å². The van der Waals surface area contributed by atoms with Gasteiger partial charge < -0.3 is 24.8 Å². The van der Waals surface area contributed by atoms with E-state index in [1.54, 1.807) is 27.7 Å². The van der Waals surface area contributed by atoms with Gasteiger partial charge in [-0.1, -0.05) is 48.5 Å². The van der Waals surface area contributed by atoms with Crippen molar-refractivity contribution in [2.24, 2.45) is 0 Å². The second-order valence-corrected chi connectivity index (χ2v) is 8.91. The smallest absolute Gasteiger partial charge is 0.407 e. The van der Waals surface area contributed by atoms with E-state index >= 15 is 0 Å². The highest BCUT2D eigenvalue weighted by atomic mass is 16.6. The minimum atomic E-state index is -1.15. The van der Waals surface area contributed by atoms with Gasteiger partial charge in [-0.15, -0.1) is 0 Å². The lowest BCUT2D eigenvalue weighted by Crippen LogP contribution is -2.55. The molecule has 0 heterocycles. The molecular weight excluding hydrogens is 424 g/mol. The molecule has 8 nitrogen and oxygen atoms in total. The summed E-state index contributed by atoms with van der Waals surface area (Å²) in [5, 5.41) is 5.05. The number of ether oxygens (including phenoxy) is 3. The van der Waals surface area contributed by atoms with Crippen LogP contribution in [0.15, 0.2) is 48.5 Å². The second kappa shape index (κ2) is 9.94. The fourth-order valence-corrected chi connectivity index (χ4v) is 3.86. The predicted octanol–water partition coefficient (Wildman–Crippen LogP) is 3.98. The van der Waals surface area contributed by atoms with Crippen molar-refractivity contribution >= 4 is 18.2 Å². The maximum absolute atomic E-state index is 12.6. The van der Waals surface area contributed by atoms with Gasteiger partial charge in [-0.25, -0.2) is 14.4 Å². The van der Waals surface area contributed by atoms with Gasteiger partial charge in [0.25, 0.3) is 0 Å². The van der Waals surface area contributed by atoms with Crippen LogP contribution in [0.25, 0.3) is 11.1 Å². The highest BCUT2D eigenvalue weighted by molar-refractivity contribution is 5.83. The third-order valence-electron chi connectivity index (χ3n) is 5.32. The molecule has 1 unspecified atom stereocenters. The summed E-state index contributed by atoms with van der Waals surface area (Å²) in [5.74, 6) is -0.830. The van der Waals surface area contributed by atoms with Crippen LogP contribution in [0.1, 0.15) is 44.7 Å². The number of methoxy groups -OCH3 is 1. The Bertz CT molecular complexity index is 984. The molecule has 0 saturated heterocycles. The molecule has 176 valence electrons. The minimum absolute atomic E-state index is 0.0988. The number of carbonyl (C=O) groups excluding carboxylic acids is 3. The molecule has 33 heavy (non-hydrogen) atoms. The van der Waals surface area contributed by atoms with Crippen molar-refractivity contribution in [1.29, 1.82) is 0 Å². The van der Waals surface area contributed by atoms with Crippen LogP contribution in [0.2, 0.25) is 0 Å². The average Bonchev–Trinajstić information content (AvgIpc) is 3.08. The first-order valence-electron chi connectivity index (χ1n) is 10.8. The Hall–Kier alpha value is -3.55.